The third kappa shape index (κ3) is 7.27. The topological polar surface area (TPSA) is 50.8 Å². The number of amides is 1. The van der Waals surface area contributed by atoms with Gasteiger partial charge >= 0.3 is 12.3 Å². The Bertz CT molecular complexity index is 880. The molecule has 0 spiro atoms. The summed E-state index contributed by atoms with van der Waals surface area (Å²) in [4.78, 5) is 13.7. The fourth-order valence-corrected chi connectivity index (χ4v) is 3.64. The average molecular weight is 477 g/mol. The van der Waals surface area contributed by atoms with Crippen LogP contribution in [-0.4, -0.2) is 50.0 Å². The lowest BCUT2D eigenvalue weighted by Crippen LogP contribution is -2.47. The summed E-state index contributed by atoms with van der Waals surface area (Å²) >= 11 is 0. The van der Waals surface area contributed by atoms with Gasteiger partial charge in [0.25, 0.3) is 0 Å². The first-order valence-electron chi connectivity index (χ1n) is 9.91. The molecule has 176 valence electrons. The summed E-state index contributed by atoms with van der Waals surface area (Å²) < 4.78 is 63.5. The highest BCUT2D eigenvalue weighted by Crippen LogP contribution is 2.31. The maximum Gasteiger partial charge on any atom is 0.426 e. The van der Waals surface area contributed by atoms with Crippen molar-refractivity contribution in [2.45, 2.75) is 31.0 Å². The van der Waals surface area contributed by atoms with E-state index in [2.05, 4.69) is 5.32 Å². The van der Waals surface area contributed by atoms with Crippen molar-refractivity contribution in [2.24, 2.45) is 0 Å². The molecule has 2 aromatic carbocycles. The van der Waals surface area contributed by atoms with Gasteiger partial charge in [-0.1, -0.05) is 12.1 Å². The minimum atomic E-state index is -4.72. The zero-order valence-corrected chi connectivity index (χ0v) is 18.2. The predicted octanol–water partition coefficient (Wildman–Crippen LogP) is 5.62. The number of piperidine rings is 1. The molecule has 2 aromatic rings. The number of carbonyl (C=O) groups excluding carboxylic acids is 1. The summed E-state index contributed by atoms with van der Waals surface area (Å²) in [6.07, 6.45) is -6.66. The Morgan fingerprint density at radius 2 is 1.94 bits per heavy atom. The molecule has 1 heterocycles. The van der Waals surface area contributed by atoms with Crippen LogP contribution in [0.4, 0.5) is 28.0 Å². The molecule has 1 saturated heterocycles. The monoisotopic (exact) mass is 476 g/mol. The Hall–Kier alpha value is -2.52. The molecule has 0 aliphatic carbocycles. The first-order chi connectivity index (χ1) is 14.7. The zero-order valence-electron chi connectivity index (χ0n) is 17.4. The highest BCUT2D eigenvalue weighted by atomic mass is 35.5. The average Bonchev–Trinajstić information content (AvgIpc) is 2.74. The maximum absolute atomic E-state index is 13.5. The molecule has 10 heteroatoms. The lowest BCUT2D eigenvalue weighted by Gasteiger charge is -2.35. The number of halogens is 5. The number of methoxy groups -OCH3 is 1. The number of nitrogens with zero attached hydrogens (tertiary/aromatic N) is 1. The van der Waals surface area contributed by atoms with Gasteiger partial charge in [-0.05, 0) is 67.3 Å². The Labute approximate surface area is 190 Å². The second kappa shape index (κ2) is 11.4. The largest absolute Gasteiger partial charge is 0.497 e. The molecule has 1 amide bonds. The lowest BCUT2D eigenvalue weighted by molar-refractivity contribution is -0.207. The van der Waals surface area contributed by atoms with Crippen molar-refractivity contribution < 1.29 is 31.8 Å². The third-order valence-corrected chi connectivity index (χ3v) is 5.20. The lowest BCUT2D eigenvalue weighted by atomic mass is 9.90. The van der Waals surface area contributed by atoms with Gasteiger partial charge in [0.15, 0.2) is 0 Å². The van der Waals surface area contributed by atoms with Crippen molar-refractivity contribution in [1.82, 2.24) is 4.90 Å². The molecule has 2 atom stereocenters. The first-order valence-corrected chi connectivity index (χ1v) is 9.91. The van der Waals surface area contributed by atoms with E-state index in [1.807, 2.05) is 24.3 Å². The summed E-state index contributed by atoms with van der Waals surface area (Å²) in [5, 5.41) is 2.20. The predicted molar refractivity (Wildman–Crippen MR) is 115 cm³/mol. The Morgan fingerprint density at radius 1 is 1.22 bits per heavy atom. The fourth-order valence-electron chi connectivity index (χ4n) is 3.64. The van der Waals surface area contributed by atoms with E-state index in [1.54, 1.807) is 12.0 Å². The van der Waals surface area contributed by atoms with Crippen LogP contribution in [0, 0.1) is 5.82 Å². The minimum Gasteiger partial charge on any atom is -0.497 e. The second-order valence-electron chi connectivity index (χ2n) is 7.44. The first kappa shape index (κ1) is 25.7. The van der Waals surface area contributed by atoms with Gasteiger partial charge in [-0.25, -0.2) is 9.18 Å². The van der Waals surface area contributed by atoms with Crippen molar-refractivity contribution in [3.8, 4) is 5.75 Å². The van der Waals surface area contributed by atoms with Crippen LogP contribution < -0.4 is 10.1 Å². The van der Waals surface area contributed by atoms with Gasteiger partial charge in [0.2, 0.25) is 6.10 Å². The van der Waals surface area contributed by atoms with E-state index in [0.29, 0.717) is 18.8 Å². The van der Waals surface area contributed by atoms with Crippen LogP contribution in [0.25, 0.3) is 0 Å². The highest BCUT2D eigenvalue weighted by molar-refractivity contribution is 5.85. The van der Waals surface area contributed by atoms with Crippen molar-refractivity contribution in [1.29, 1.82) is 0 Å². The van der Waals surface area contributed by atoms with Crippen molar-refractivity contribution in [3.05, 3.63) is 59.9 Å². The van der Waals surface area contributed by atoms with E-state index in [9.17, 15) is 22.4 Å². The van der Waals surface area contributed by atoms with E-state index >= 15 is 0 Å². The molecule has 32 heavy (non-hydrogen) atoms. The Kier molecular flexibility index (Phi) is 9.15. The molecule has 3 rings (SSSR count). The van der Waals surface area contributed by atoms with Gasteiger partial charge in [-0.2, -0.15) is 13.2 Å². The summed E-state index contributed by atoms with van der Waals surface area (Å²) in [5.41, 5.74) is 1.14. The van der Waals surface area contributed by atoms with Crippen LogP contribution >= 0.6 is 12.4 Å². The smallest absolute Gasteiger partial charge is 0.426 e. The van der Waals surface area contributed by atoms with E-state index in [-0.39, 0.29) is 24.0 Å². The molecule has 1 fully saturated rings. The molecular formula is C22H25ClF4N2O3. The molecular weight excluding hydrogens is 452 g/mol. The van der Waals surface area contributed by atoms with Gasteiger partial charge in [0.05, 0.1) is 7.11 Å². The normalized spacial score (nSPS) is 17.7. The number of anilines is 1. The van der Waals surface area contributed by atoms with Gasteiger partial charge in [-0.15, -0.1) is 12.4 Å². The van der Waals surface area contributed by atoms with Crippen molar-refractivity contribution in [3.63, 3.8) is 0 Å². The standard InChI is InChI=1S/C22H24F4N2O3.ClH/c1-30-19-6-2-4-15(12-19)16-5-3-11-28(13-16)14-20(22(24,25)26)31-21(29)27-18-9-7-17(23)8-10-18;/h2,4,6-10,12,16,20H,3,5,11,13-14H2,1H3,(H,27,29);1H/t16-,20?;/m1./s1. The van der Waals surface area contributed by atoms with Gasteiger partial charge in [0.1, 0.15) is 11.6 Å². The number of likely N-dealkylation sites (tertiary alicyclic amines) is 1. The summed E-state index contributed by atoms with van der Waals surface area (Å²) in [6.45, 7) is 0.444. The van der Waals surface area contributed by atoms with E-state index < -0.39 is 30.7 Å². The number of rotatable bonds is 6. The molecule has 1 unspecified atom stereocenters. The number of ether oxygens (including phenoxy) is 2. The molecule has 0 aromatic heterocycles. The number of nitrogens with one attached hydrogen (secondary N) is 1. The maximum atomic E-state index is 13.5. The Morgan fingerprint density at radius 3 is 2.59 bits per heavy atom. The van der Waals surface area contributed by atoms with E-state index in [4.69, 9.17) is 9.47 Å². The van der Waals surface area contributed by atoms with Crippen molar-refractivity contribution in [2.75, 3.05) is 32.1 Å². The van der Waals surface area contributed by atoms with Gasteiger partial charge < -0.3 is 9.47 Å². The van der Waals surface area contributed by atoms with Crippen LogP contribution in [0.5, 0.6) is 5.75 Å². The van der Waals surface area contributed by atoms with Crippen LogP contribution in [0.3, 0.4) is 0 Å². The SMILES string of the molecule is COc1cccc([C@@H]2CCCN(CC(OC(=O)Nc3ccc(F)cc3)C(F)(F)F)C2)c1.Cl. The van der Waals surface area contributed by atoms with Crippen LogP contribution in [0.1, 0.15) is 24.3 Å². The molecule has 1 aliphatic heterocycles. The van der Waals surface area contributed by atoms with Crippen molar-refractivity contribution >= 4 is 24.2 Å². The second-order valence-corrected chi connectivity index (χ2v) is 7.44. The molecule has 1 aliphatic rings. The molecule has 5 nitrogen and oxygen atoms in total. The summed E-state index contributed by atoms with van der Waals surface area (Å²) in [7, 11) is 1.56. The summed E-state index contributed by atoms with van der Waals surface area (Å²) in [5.74, 6) is 0.233. The highest BCUT2D eigenvalue weighted by Gasteiger charge is 2.44. The van der Waals surface area contributed by atoms with Crippen LogP contribution in [0.2, 0.25) is 0 Å². The number of hydrogen-bond acceptors (Lipinski definition) is 4. The molecule has 0 saturated carbocycles. The fraction of sp³-hybridized carbons (Fsp3) is 0.409. The number of benzene rings is 2. The zero-order chi connectivity index (χ0) is 22.4. The van der Waals surface area contributed by atoms with Crippen LogP contribution in [-0.2, 0) is 4.74 Å². The molecule has 1 N–H and O–H groups in total. The van der Waals surface area contributed by atoms with Crippen LogP contribution in [0.15, 0.2) is 48.5 Å². The minimum absolute atomic E-state index is 0. The van der Waals surface area contributed by atoms with Gasteiger partial charge in [0, 0.05) is 18.8 Å². The number of hydrogen-bond donors (Lipinski definition) is 1. The van der Waals surface area contributed by atoms with Gasteiger partial charge in [-0.3, -0.25) is 10.2 Å². The third-order valence-electron chi connectivity index (χ3n) is 5.20. The molecule has 0 bridgehead atoms. The summed E-state index contributed by atoms with van der Waals surface area (Å²) in [6, 6.07) is 12.1. The number of carbonyl (C=O) groups is 1. The quantitative estimate of drug-likeness (QED) is 0.550. The molecule has 0 radical (unpaired) electrons. The van der Waals surface area contributed by atoms with E-state index in [0.717, 1.165) is 30.5 Å². The number of alkyl halides is 3. The Balaban J connectivity index is 0.00000363. The van der Waals surface area contributed by atoms with E-state index in [1.165, 1.54) is 12.1 Å².